The van der Waals surface area contributed by atoms with Gasteiger partial charge in [0.1, 0.15) is 0 Å². The van der Waals surface area contributed by atoms with Crippen molar-refractivity contribution in [2.75, 3.05) is 16.4 Å². The summed E-state index contributed by atoms with van der Waals surface area (Å²) in [7, 11) is -3.67. The van der Waals surface area contributed by atoms with Gasteiger partial charge < -0.3 is 10.6 Å². The third-order valence-electron chi connectivity index (χ3n) is 4.92. The topological polar surface area (TPSA) is 92.3 Å². The quantitative estimate of drug-likeness (QED) is 0.717. The second-order valence-corrected chi connectivity index (χ2v) is 11.3. The number of sulfone groups is 1. The van der Waals surface area contributed by atoms with Gasteiger partial charge in [0.25, 0.3) is 0 Å². The molecule has 160 valence electrons. The fourth-order valence-corrected chi connectivity index (χ4v) is 5.86. The molecule has 0 saturated carbocycles. The van der Waals surface area contributed by atoms with Gasteiger partial charge in [0.15, 0.2) is 9.84 Å². The first-order chi connectivity index (χ1) is 14.0. The molecular formula is C22H26N2O4S2. The fourth-order valence-electron chi connectivity index (χ4n) is 3.55. The lowest BCUT2D eigenvalue weighted by molar-refractivity contribution is -0.116. The van der Waals surface area contributed by atoms with E-state index >= 15 is 0 Å². The van der Waals surface area contributed by atoms with Gasteiger partial charge in [-0.2, -0.15) is 0 Å². The molecule has 0 unspecified atom stereocenters. The van der Waals surface area contributed by atoms with Crippen LogP contribution >= 0.6 is 11.8 Å². The molecule has 1 atom stereocenters. The van der Waals surface area contributed by atoms with Crippen molar-refractivity contribution in [3.05, 3.63) is 47.0 Å². The summed E-state index contributed by atoms with van der Waals surface area (Å²) >= 11 is 1.54. The minimum absolute atomic E-state index is 0.104. The Morgan fingerprint density at radius 1 is 1.17 bits per heavy atom. The van der Waals surface area contributed by atoms with E-state index in [0.29, 0.717) is 12.1 Å². The van der Waals surface area contributed by atoms with Gasteiger partial charge in [0.2, 0.25) is 11.8 Å². The highest BCUT2D eigenvalue weighted by molar-refractivity contribution is 8.00. The van der Waals surface area contributed by atoms with E-state index in [1.807, 2.05) is 39.8 Å². The van der Waals surface area contributed by atoms with Crippen molar-refractivity contribution in [3.63, 3.8) is 0 Å². The van der Waals surface area contributed by atoms with Gasteiger partial charge >= 0.3 is 0 Å². The van der Waals surface area contributed by atoms with Crippen LogP contribution in [0.3, 0.4) is 0 Å². The molecule has 0 aromatic heterocycles. The molecular weight excluding hydrogens is 420 g/mol. The number of thioether (sulfide) groups is 1. The molecule has 0 fully saturated rings. The third kappa shape index (κ3) is 5.23. The standard InChI is InChI=1S/C22H26N2O4S2/c1-13-9-14(2)22(15(3)10-13)24-20(25)7-8-30(27,28)17-5-6-19-18(12-17)23-21(26)11-16(4)29-19/h5-6,9-10,12,16H,7-8,11H2,1-4H3,(H,23,26)(H,24,25)/t16-/m1/s1. The number of rotatable bonds is 5. The molecule has 2 amide bonds. The first-order valence-corrected chi connectivity index (χ1v) is 12.3. The minimum atomic E-state index is -3.67. The average molecular weight is 447 g/mol. The lowest BCUT2D eigenvalue weighted by atomic mass is 10.1. The van der Waals surface area contributed by atoms with Gasteiger partial charge in [0, 0.05) is 28.7 Å². The Balaban J connectivity index is 1.71. The molecule has 0 bridgehead atoms. The van der Waals surface area contributed by atoms with Crippen LogP contribution < -0.4 is 10.6 Å². The van der Waals surface area contributed by atoms with Crippen molar-refractivity contribution in [3.8, 4) is 0 Å². The molecule has 3 rings (SSSR count). The van der Waals surface area contributed by atoms with Gasteiger partial charge in [-0.1, -0.05) is 24.6 Å². The largest absolute Gasteiger partial charge is 0.326 e. The number of hydrogen-bond donors (Lipinski definition) is 2. The molecule has 8 heteroatoms. The second-order valence-electron chi connectivity index (χ2n) is 7.73. The molecule has 1 heterocycles. The van der Waals surface area contributed by atoms with E-state index in [0.717, 1.165) is 27.3 Å². The molecule has 0 spiro atoms. The zero-order valence-electron chi connectivity index (χ0n) is 17.5. The Morgan fingerprint density at radius 3 is 2.50 bits per heavy atom. The number of carbonyl (C=O) groups excluding carboxylic acids is 2. The molecule has 2 aromatic rings. The molecule has 1 aliphatic rings. The number of fused-ring (bicyclic) bond motifs is 1. The normalized spacial score (nSPS) is 16.4. The number of nitrogens with one attached hydrogen (secondary N) is 2. The summed E-state index contributed by atoms with van der Waals surface area (Å²) < 4.78 is 25.6. The van der Waals surface area contributed by atoms with Crippen molar-refractivity contribution < 1.29 is 18.0 Å². The Labute approximate surface area is 181 Å². The molecule has 6 nitrogen and oxygen atoms in total. The lowest BCUT2D eigenvalue weighted by Gasteiger charge is -2.13. The predicted octanol–water partition coefficient (Wildman–Crippen LogP) is 4.24. The highest BCUT2D eigenvalue weighted by Gasteiger charge is 2.23. The van der Waals surface area contributed by atoms with Crippen LogP contribution in [0.2, 0.25) is 0 Å². The number of carbonyl (C=O) groups is 2. The number of aryl methyl sites for hydroxylation is 3. The molecule has 2 aromatic carbocycles. The molecule has 1 aliphatic heterocycles. The Kier molecular flexibility index (Phi) is 6.57. The van der Waals surface area contributed by atoms with Crippen molar-refractivity contribution in [1.29, 1.82) is 0 Å². The van der Waals surface area contributed by atoms with Crippen molar-refractivity contribution in [1.82, 2.24) is 0 Å². The van der Waals surface area contributed by atoms with Crippen LogP contribution in [0, 0.1) is 20.8 Å². The summed E-state index contributed by atoms with van der Waals surface area (Å²) in [4.78, 5) is 25.3. The Bertz CT molecular complexity index is 1090. The molecule has 0 aliphatic carbocycles. The fraction of sp³-hybridized carbons (Fsp3) is 0.364. The summed E-state index contributed by atoms with van der Waals surface area (Å²) in [5.41, 5.74) is 4.22. The van der Waals surface area contributed by atoms with Gasteiger partial charge in [-0.05, 0) is 50.1 Å². The minimum Gasteiger partial charge on any atom is -0.326 e. The zero-order chi connectivity index (χ0) is 22.1. The lowest BCUT2D eigenvalue weighted by Crippen LogP contribution is -2.19. The SMILES string of the molecule is Cc1cc(C)c(NC(=O)CCS(=O)(=O)c2ccc3c(c2)NC(=O)C[C@@H](C)S3)c(C)c1. The molecule has 30 heavy (non-hydrogen) atoms. The van der Waals surface area contributed by atoms with Gasteiger partial charge in [-0.15, -0.1) is 11.8 Å². The Hall–Kier alpha value is -2.32. The maximum atomic E-state index is 12.8. The third-order valence-corrected chi connectivity index (χ3v) is 7.82. The number of amides is 2. The highest BCUT2D eigenvalue weighted by Crippen LogP contribution is 2.36. The van der Waals surface area contributed by atoms with Crippen molar-refractivity contribution in [2.24, 2.45) is 0 Å². The first-order valence-electron chi connectivity index (χ1n) is 9.76. The summed E-state index contributed by atoms with van der Waals surface area (Å²) in [6.45, 7) is 7.77. The summed E-state index contributed by atoms with van der Waals surface area (Å²) in [6.07, 6.45) is 0.226. The zero-order valence-corrected chi connectivity index (χ0v) is 19.2. The number of anilines is 2. The van der Waals surface area contributed by atoms with Crippen LogP contribution in [0.4, 0.5) is 11.4 Å². The van der Waals surface area contributed by atoms with Crippen molar-refractivity contribution in [2.45, 2.75) is 55.6 Å². The van der Waals surface area contributed by atoms with Crippen LogP contribution in [0.1, 0.15) is 36.5 Å². The van der Waals surface area contributed by atoms with E-state index in [1.165, 1.54) is 23.9 Å². The van der Waals surface area contributed by atoms with E-state index in [9.17, 15) is 18.0 Å². The highest BCUT2D eigenvalue weighted by atomic mass is 32.2. The first kappa shape index (κ1) is 22.4. The van der Waals surface area contributed by atoms with Crippen LogP contribution in [0.5, 0.6) is 0 Å². The smallest absolute Gasteiger partial charge is 0.225 e. The van der Waals surface area contributed by atoms with E-state index in [1.54, 1.807) is 6.07 Å². The molecule has 0 radical (unpaired) electrons. The van der Waals surface area contributed by atoms with Crippen LogP contribution in [0.15, 0.2) is 40.1 Å². The van der Waals surface area contributed by atoms with E-state index in [-0.39, 0.29) is 34.1 Å². The monoisotopic (exact) mass is 446 g/mol. The average Bonchev–Trinajstić information content (AvgIpc) is 2.78. The number of hydrogen-bond acceptors (Lipinski definition) is 5. The second kappa shape index (κ2) is 8.81. The van der Waals surface area contributed by atoms with Crippen molar-refractivity contribution >= 4 is 44.8 Å². The molecule has 2 N–H and O–H groups in total. The van der Waals surface area contributed by atoms with Gasteiger partial charge in [0.05, 0.1) is 16.3 Å². The van der Waals surface area contributed by atoms with Crippen LogP contribution in [-0.2, 0) is 19.4 Å². The van der Waals surface area contributed by atoms with Crippen LogP contribution in [-0.4, -0.2) is 31.2 Å². The van der Waals surface area contributed by atoms with Gasteiger partial charge in [-0.25, -0.2) is 8.42 Å². The summed E-state index contributed by atoms with van der Waals surface area (Å²) in [5, 5.41) is 5.73. The predicted molar refractivity (Wildman–Crippen MR) is 121 cm³/mol. The maximum absolute atomic E-state index is 12.8. The maximum Gasteiger partial charge on any atom is 0.225 e. The van der Waals surface area contributed by atoms with Crippen LogP contribution in [0.25, 0.3) is 0 Å². The summed E-state index contributed by atoms with van der Waals surface area (Å²) in [6, 6.07) is 8.69. The number of benzene rings is 2. The van der Waals surface area contributed by atoms with E-state index in [2.05, 4.69) is 10.6 Å². The van der Waals surface area contributed by atoms with Gasteiger partial charge in [-0.3, -0.25) is 9.59 Å². The molecule has 0 saturated heterocycles. The Morgan fingerprint density at radius 2 is 1.83 bits per heavy atom. The summed E-state index contributed by atoms with van der Waals surface area (Å²) in [5.74, 6) is -0.786. The van der Waals surface area contributed by atoms with E-state index in [4.69, 9.17) is 0 Å². The van der Waals surface area contributed by atoms with E-state index < -0.39 is 9.84 Å².